The maximum Gasteiger partial charge on any atom is 0.253 e. The lowest BCUT2D eigenvalue weighted by molar-refractivity contribution is 0.0952. The fraction of sp³-hybridized carbons (Fsp3) is 0.167. The van der Waals surface area contributed by atoms with Gasteiger partial charge in [0.25, 0.3) is 5.91 Å². The van der Waals surface area contributed by atoms with Gasteiger partial charge in [0.05, 0.1) is 11.3 Å². The Morgan fingerprint density at radius 2 is 1.44 bits per heavy atom. The van der Waals surface area contributed by atoms with Gasteiger partial charge >= 0.3 is 0 Å². The lowest BCUT2D eigenvalue weighted by atomic mass is 9.88. The summed E-state index contributed by atoms with van der Waals surface area (Å²) in [7, 11) is 0. The van der Waals surface area contributed by atoms with E-state index in [1.54, 1.807) is 32.0 Å². The van der Waals surface area contributed by atoms with Gasteiger partial charge in [0, 0.05) is 39.3 Å². The molecule has 0 aliphatic rings. The van der Waals surface area contributed by atoms with E-state index >= 15 is 0 Å². The highest BCUT2D eigenvalue weighted by Crippen LogP contribution is 2.34. The Hall–Kier alpha value is -3.47. The summed E-state index contributed by atoms with van der Waals surface area (Å²) in [4.78, 5) is 30.1. The van der Waals surface area contributed by atoms with E-state index in [1.165, 1.54) is 11.1 Å². The maximum atomic E-state index is 13.5. The van der Waals surface area contributed by atoms with Crippen molar-refractivity contribution >= 4 is 35.4 Å². The topological polar surface area (TPSA) is 59.1 Å². The Kier molecular flexibility index (Phi) is 8.19. The minimum Gasteiger partial charge on any atom is -0.352 e. The van der Waals surface area contributed by atoms with Crippen LogP contribution in [0.15, 0.2) is 78.9 Å². The molecule has 0 fully saturated rings. The number of aromatic nitrogens is 1. The van der Waals surface area contributed by atoms with Gasteiger partial charge in [0.2, 0.25) is 0 Å². The molecule has 0 saturated heterocycles. The molecule has 182 valence electrons. The van der Waals surface area contributed by atoms with Crippen molar-refractivity contribution in [3.05, 3.63) is 123 Å². The molecule has 0 aliphatic carbocycles. The van der Waals surface area contributed by atoms with Gasteiger partial charge in [-0.3, -0.25) is 14.6 Å². The third-order valence-electron chi connectivity index (χ3n) is 6.22. The maximum absolute atomic E-state index is 13.5. The van der Waals surface area contributed by atoms with E-state index in [0.717, 1.165) is 6.29 Å². The molecule has 0 unspecified atom stereocenters. The smallest absolute Gasteiger partial charge is 0.253 e. The number of pyridine rings is 1. The molecular weight excluding hydrogens is 491 g/mol. The van der Waals surface area contributed by atoms with Crippen LogP contribution in [0.2, 0.25) is 10.0 Å². The Labute approximate surface area is 221 Å². The highest BCUT2D eigenvalue weighted by Gasteiger charge is 2.23. The lowest BCUT2D eigenvalue weighted by Gasteiger charge is -2.20. The molecule has 36 heavy (non-hydrogen) atoms. The van der Waals surface area contributed by atoms with Crippen molar-refractivity contribution in [1.82, 2.24) is 10.3 Å². The summed E-state index contributed by atoms with van der Waals surface area (Å²) in [5.41, 5.74) is 5.21. The number of rotatable bonds is 8. The molecule has 0 radical (unpaired) electrons. The first-order chi connectivity index (χ1) is 17.4. The summed E-state index contributed by atoms with van der Waals surface area (Å²) < 4.78 is 0. The first kappa shape index (κ1) is 25.6. The van der Waals surface area contributed by atoms with Gasteiger partial charge in [-0.2, -0.15) is 0 Å². The van der Waals surface area contributed by atoms with Crippen LogP contribution in [0.5, 0.6) is 0 Å². The zero-order valence-corrected chi connectivity index (χ0v) is 21.6. The van der Waals surface area contributed by atoms with E-state index in [9.17, 15) is 9.59 Å². The van der Waals surface area contributed by atoms with Crippen LogP contribution in [-0.2, 0) is 0 Å². The van der Waals surface area contributed by atoms with Gasteiger partial charge < -0.3 is 5.32 Å². The van der Waals surface area contributed by atoms with Crippen molar-refractivity contribution in [3.63, 3.8) is 0 Å². The normalized spacial score (nSPS) is 10.9. The van der Waals surface area contributed by atoms with Crippen LogP contribution >= 0.6 is 23.2 Å². The van der Waals surface area contributed by atoms with Crippen LogP contribution in [-0.4, -0.2) is 23.7 Å². The van der Waals surface area contributed by atoms with Crippen LogP contribution in [0.1, 0.15) is 55.6 Å². The van der Waals surface area contributed by atoms with Gasteiger partial charge in [-0.25, -0.2) is 0 Å². The molecule has 1 N–H and O–H groups in total. The van der Waals surface area contributed by atoms with Crippen molar-refractivity contribution in [3.8, 4) is 11.1 Å². The number of hydrogen-bond donors (Lipinski definition) is 1. The second-order valence-corrected chi connectivity index (χ2v) is 9.51. The van der Waals surface area contributed by atoms with Gasteiger partial charge in [-0.15, -0.1) is 0 Å². The Morgan fingerprint density at radius 3 is 1.97 bits per heavy atom. The standard InChI is InChI=1S/C30H26Cl2N2O2/c1-19-27(18-35)29(23-15-24(31)17-25(32)16-23)28(20(2)34-19)30(36)33-14-13-26(21-9-5-3-6-10-21)22-11-7-4-8-12-22/h3-12,15-18,26H,13-14H2,1-2H3,(H,33,36). The van der Waals surface area contributed by atoms with Crippen LogP contribution in [0.25, 0.3) is 11.1 Å². The Balaban J connectivity index is 1.65. The molecule has 1 aromatic heterocycles. The van der Waals surface area contributed by atoms with Crippen molar-refractivity contribution in [2.45, 2.75) is 26.2 Å². The minimum absolute atomic E-state index is 0.127. The van der Waals surface area contributed by atoms with E-state index in [0.29, 0.717) is 56.7 Å². The highest BCUT2D eigenvalue weighted by molar-refractivity contribution is 6.35. The summed E-state index contributed by atoms with van der Waals surface area (Å²) in [6, 6.07) is 25.5. The quantitative estimate of drug-likeness (QED) is 0.247. The number of hydrogen-bond acceptors (Lipinski definition) is 3. The van der Waals surface area contributed by atoms with Crippen molar-refractivity contribution in [2.24, 2.45) is 0 Å². The van der Waals surface area contributed by atoms with E-state index < -0.39 is 0 Å². The second-order valence-electron chi connectivity index (χ2n) is 8.64. The summed E-state index contributed by atoms with van der Waals surface area (Å²) in [5, 5.41) is 3.90. The molecule has 4 nitrogen and oxygen atoms in total. The van der Waals surface area contributed by atoms with Crippen molar-refractivity contribution in [2.75, 3.05) is 6.54 Å². The van der Waals surface area contributed by atoms with E-state index in [2.05, 4.69) is 34.6 Å². The van der Waals surface area contributed by atoms with E-state index in [-0.39, 0.29) is 11.8 Å². The number of carbonyl (C=O) groups is 2. The number of carbonyl (C=O) groups excluding carboxylic acids is 2. The SMILES string of the molecule is Cc1nc(C)c(C(=O)NCCC(c2ccccc2)c2ccccc2)c(-c2cc(Cl)cc(Cl)c2)c1C=O. The second kappa shape index (κ2) is 11.5. The van der Waals surface area contributed by atoms with Gasteiger partial charge in [0.1, 0.15) is 0 Å². The largest absolute Gasteiger partial charge is 0.352 e. The fourth-order valence-corrected chi connectivity index (χ4v) is 5.13. The van der Waals surface area contributed by atoms with E-state index in [1.807, 2.05) is 36.4 Å². The first-order valence-corrected chi connectivity index (χ1v) is 12.5. The molecule has 1 heterocycles. The monoisotopic (exact) mass is 516 g/mol. The molecule has 4 rings (SSSR count). The zero-order chi connectivity index (χ0) is 25.7. The molecule has 4 aromatic rings. The molecule has 6 heteroatoms. The predicted octanol–water partition coefficient (Wildman–Crippen LogP) is 7.44. The van der Waals surface area contributed by atoms with Gasteiger partial charge in [-0.05, 0) is 55.2 Å². The van der Waals surface area contributed by atoms with E-state index in [4.69, 9.17) is 23.2 Å². The Bertz CT molecular complexity index is 1330. The minimum atomic E-state index is -0.297. The molecule has 0 atom stereocenters. The summed E-state index contributed by atoms with van der Waals surface area (Å²) in [5.74, 6) is -0.171. The third kappa shape index (κ3) is 5.67. The summed E-state index contributed by atoms with van der Waals surface area (Å²) in [6.45, 7) is 3.95. The van der Waals surface area contributed by atoms with Gasteiger partial charge in [0.15, 0.2) is 6.29 Å². The molecule has 0 saturated carbocycles. The molecule has 0 bridgehead atoms. The molecule has 0 spiro atoms. The molecular formula is C30H26Cl2N2O2. The van der Waals surface area contributed by atoms with Crippen LogP contribution < -0.4 is 5.32 Å². The average molecular weight is 517 g/mol. The predicted molar refractivity (Wildman–Crippen MR) is 146 cm³/mol. The number of aryl methyl sites for hydroxylation is 2. The molecule has 0 aliphatic heterocycles. The zero-order valence-electron chi connectivity index (χ0n) is 20.1. The van der Waals surface area contributed by atoms with Crippen LogP contribution in [0.3, 0.4) is 0 Å². The van der Waals surface area contributed by atoms with Crippen LogP contribution in [0, 0.1) is 13.8 Å². The number of aldehydes is 1. The number of nitrogens with zero attached hydrogens (tertiary/aromatic N) is 1. The fourth-order valence-electron chi connectivity index (χ4n) is 4.60. The first-order valence-electron chi connectivity index (χ1n) is 11.7. The third-order valence-corrected chi connectivity index (χ3v) is 6.66. The summed E-state index contributed by atoms with van der Waals surface area (Å²) >= 11 is 12.5. The van der Waals surface area contributed by atoms with Gasteiger partial charge in [-0.1, -0.05) is 83.9 Å². The molecule has 1 amide bonds. The Morgan fingerprint density at radius 1 is 0.889 bits per heavy atom. The number of halogens is 2. The van der Waals surface area contributed by atoms with Crippen molar-refractivity contribution < 1.29 is 9.59 Å². The summed E-state index contributed by atoms with van der Waals surface area (Å²) in [6.07, 6.45) is 1.43. The molecule has 3 aromatic carbocycles. The number of amides is 1. The lowest BCUT2D eigenvalue weighted by Crippen LogP contribution is -2.28. The number of benzene rings is 3. The highest BCUT2D eigenvalue weighted by atomic mass is 35.5. The van der Waals surface area contributed by atoms with Crippen LogP contribution in [0.4, 0.5) is 0 Å². The average Bonchev–Trinajstić information content (AvgIpc) is 2.86. The van der Waals surface area contributed by atoms with Crippen molar-refractivity contribution in [1.29, 1.82) is 0 Å². The number of nitrogens with one attached hydrogen (secondary N) is 1.